The number of hydrogen-bond donors (Lipinski definition) is 4. The fourth-order valence-electron chi connectivity index (χ4n) is 2.66. The second kappa shape index (κ2) is 15.6. The van der Waals surface area contributed by atoms with Crippen molar-refractivity contribution in [3.8, 4) is 0 Å². The Balaban J connectivity index is 2.73. The quantitative estimate of drug-likeness (QED) is 0.451. The summed E-state index contributed by atoms with van der Waals surface area (Å²) < 4.78 is 5.30. The zero-order chi connectivity index (χ0) is 22.2. The first kappa shape index (κ1) is 25.8. The van der Waals surface area contributed by atoms with Crippen LogP contribution in [0.5, 0.6) is 0 Å². The molecule has 6 heteroatoms. The molecule has 0 radical (unpaired) electrons. The fraction of sp³-hybridized carbons (Fsp3) is 0.458. The van der Waals surface area contributed by atoms with E-state index in [1.165, 1.54) is 18.2 Å². The van der Waals surface area contributed by atoms with Crippen molar-refractivity contribution in [1.29, 1.82) is 0 Å². The van der Waals surface area contributed by atoms with Crippen LogP contribution < -0.4 is 0 Å². The summed E-state index contributed by atoms with van der Waals surface area (Å²) >= 11 is 0. The molecule has 5 atom stereocenters. The van der Waals surface area contributed by atoms with Crippen molar-refractivity contribution >= 4 is 5.97 Å². The summed E-state index contributed by atoms with van der Waals surface area (Å²) in [4.78, 5) is 11.8. The second-order valence-corrected chi connectivity index (χ2v) is 7.21. The van der Waals surface area contributed by atoms with E-state index in [2.05, 4.69) is 0 Å². The average Bonchev–Trinajstić information content (AvgIpc) is 2.69. The molecule has 0 aromatic carbocycles. The Kier molecular flexibility index (Phi) is 13.4. The molecule has 1 aliphatic rings. The van der Waals surface area contributed by atoms with Gasteiger partial charge in [-0.1, -0.05) is 66.8 Å². The third-order valence-electron chi connectivity index (χ3n) is 4.37. The molecule has 0 saturated heterocycles. The van der Waals surface area contributed by atoms with Gasteiger partial charge in [-0.25, -0.2) is 4.79 Å². The number of ether oxygens (including phenoxy) is 1. The largest absolute Gasteiger partial charge is 0.460 e. The van der Waals surface area contributed by atoms with Crippen LogP contribution in [0, 0.1) is 0 Å². The van der Waals surface area contributed by atoms with Gasteiger partial charge in [-0.05, 0) is 32.6 Å². The minimum absolute atomic E-state index is 0.00335. The maximum absolute atomic E-state index is 11.8. The molecule has 30 heavy (non-hydrogen) atoms. The highest BCUT2D eigenvalue weighted by Gasteiger charge is 2.16. The third kappa shape index (κ3) is 13.1. The van der Waals surface area contributed by atoms with Gasteiger partial charge in [0.05, 0.1) is 30.5 Å². The highest BCUT2D eigenvalue weighted by Crippen LogP contribution is 2.08. The number of cyclic esters (lactones) is 1. The zero-order valence-corrected chi connectivity index (χ0v) is 17.5. The van der Waals surface area contributed by atoms with Gasteiger partial charge in [0.2, 0.25) is 0 Å². The molecule has 0 aromatic rings. The number of hydrogen-bond acceptors (Lipinski definition) is 6. The molecule has 1 heterocycles. The van der Waals surface area contributed by atoms with Crippen LogP contribution in [0.3, 0.4) is 0 Å². The standard InChI is InChI=1S/C24H34O6/c1-19-12-6-3-2-4-7-15-21(26)18-23(28)22(27)16-11-10-14-20(25)13-8-5-9-17-24(29)30-19/h2,4-5,7-11,14-17,19-23,25-28H,3,6,12-13,18H2,1H3. The number of carbonyl (C=O) groups excluding carboxylic acids is 1. The number of aliphatic hydroxyl groups excluding tert-OH is 4. The van der Waals surface area contributed by atoms with Crippen LogP contribution in [0.4, 0.5) is 0 Å². The summed E-state index contributed by atoms with van der Waals surface area (Å²) in [6.45, 7) is 1.85. The van der Waals surface area contributed by atoms with Crippen molar-refractivity contribution in [3.63, 3.8) is 0 Å². The second-order valence-electron chi connectivity index (χ2n) is 7.21. The van der Waals surface area contributed by atoms with Crippen molar-refractivity contribution in [2.75, 3.05) is 0 Å². The molecule has 5 unspecified atom stereocenters. The zero-order valence-electron chi connectivity index (χ0n) is 17.5. The summed E-state index contributed by atoms with van der Waals surface area (Å²) in [5.41, 5.74) is 0. The Labute approximate surface area is 178 Å². The molecule has 6 nitrogen and oxygen atoms in total. The summed E-state index contributed by atoms with van der Waals surface area (Å²) in [6.07, 6.45) is 18.1. The molecule has 0 spiro atoms. The van der Waals surface area contributed by atoms with E-state index in [9.17, 15) is 25.2 Å². The van der Waals surface area contributed by atoms with Crippen molar-refractivity contribution < 1.29 is 30.0 Å². The average molecular weight is 419 g/mol. The molecular weight excluding hydrogens is 384 g/mol. The highest BCUT2D eigenvalue weighted by molar-refractivity contribution is 5.82. The van der Waals surface area contributed by atoms with E-state index in [-0.39, 0.29) is 12.5 Å². The molecule has 0 bridgehead atoms. The van der Waals surface area contributed by atoms with Gasteiger partial charge in [0.15, 0.2) is 0 Å². The van der Waals surface area contributed by atoms with Crippen LogP contribution in [0.15, 0.2) is 72.9 Å². The van der Waals surface area contributed by atoms with Gasteiger partial charge in [0.1, 0.15) is 0 Å². The Morgan fingerprint density at radius 2 is 1.53 bits per heavy atom. The predicted molar refractivity (Wildman–Crippen MR) is 118 cm³/mol. The first-order valence-corrected chi connectivity index (χ1v) is 10.3. The highest BCUT2D eigenvalue weighted by atomic mass is 16.5. The normalized spacial score (nSPS) is 30.7. The number of allylic oxidation sites excluding steroid dienone is 7. The van der Waals surface area contributed by atoms with Crippen molar-refractivity contribution in [2.24, 2.45) is 0 Å². The lowest BCUT2D eigenvalue weighted by atomic mass is 10.1. The van der Waals surface area contributed by atoms with E-state index in [0.717, 1.165) is 19.3 Å². The number of carbonyl (C=O) groups is 1. The molecule has 0 aromatic heterocycles. The number of esters is 1. The van der Waals surface area contributed by atoms with E-state index in [1.54, 1.807) is 42.5 Å². The number of rotatable bonds is 0. The maximum Gasteiger partial charge on any atom is 0.331 e. The van der Waals surface area contributed by atoms with E-state index in [0.29, 0.717) is 6.42 Å². The summed E-state index contributed by atoms with van der Waals surface area (Å²) in [5, 5.41) is 39.7. The van der Waals surface area contributed by atoms with Gasteiger partial charge in [-0.3, -0.25) is 0 Å². The maximum atomic E-state index is 11.8. The summed E-state index contributed by atoms with van der Waals surface area (Å²) in [7, 11) is 0. The topological polar surface area (TPSA) is 107 Å². The molecule has 166 valence electrons. The van der Waals surface area contributed by atoms with E-state index < -0.39 is 30.4 Å². The molecule has 0 saturated carbocycles. The minimum atomic E-state index is -1.12. The smallest absolute Gasteiger partial charge is 0.331 e. The van der Waals surface area contributed by atoms with E-state index >= 15 is 0 Å². The Morgan fingerprint density at radius 1 is 0.867 bits per heavy atom. The van der Waals surface area contributed by atoms with Gasteiger partial charge in [-0.15, -0.1) is 0 Å². The predicted octanol–water partition coefficient (Wildman–Crippen LogP) is 2.66. The SMILES string of the molecule is CC1CCCC=CC=CC(O)CC(O)C(O)C=CC=CC(O)CC=CC=CC(=O)O1. The molecule has 4 N–H and O–H groups in total. The van der Waals surface area contributed by atoms with Crippen LogP contribution >= 0.6 is 0 Å². The lowest BCUT2D eigenvalue weighted by molar-refractivity contribution is -0.142. The van der Waals surface area contributed by atoms with Crippen LogP contribution in [0.1, 0.15) is 39.0 Å². The molecule has 0 aliphatic carbocycles. The van der Waals surface area contributed by atoms with Crippen molar-refractivity contribution in [1.82, 2.24) is 0 Å². The molecule has 0 amide bonds. The first-order chi connectivity index (χ1) is 14.4. The minimum Gasteiger partial charge on any atom is -0.460 e. The van der Waals surface area contributed by atoms with Crippen LogP contribution in [0.25, 0.3) is 0 Å². The van der Waals surface area contributed by atoms with Crippen LogP contribution in [0.2, 0.25) is 0 Å². The van der Waals surface area contributed by atoms with Gasteiger partial charge in [0.25, 0.3) is 0 Å². The third-order valence-corrected chi connectivity index (χ3v) is 4.37. The van der Waals surface area contributed by atoms with Gasteiger partial charge < -0.3 is 25.2 Å². The fourth-order valence-corrected chi connectivity index (χ4v) is 2.66. The summed E-state index contributed by atoms with van der Waals surface area (Å²) in [5.74, 6) is -0.402. The van der Waals surface area contributed by atoms with E-state index in [4.69, 9.17) is 4.74 Å². The monoisotopic (exact) mass is 418 g/mol. The Bertz CT molecular complexity index is 659. The van der Waals surface area contributed by atoms with Gasteiger partial charge >= 0.3 is 5.97 Å². The van der Waals surface area contributed by atoms with Crippen molar-refractivity contribution in [2.45, 2.75) is 69.5 Å². The molecule has 1 aliphatic heterocycles. The van der Waals surface area contributed by atoms with Crippen LogP contribution in [-0.4, -0.2) is 56.9 Å². The number of aliphatic hydroxyl groups is 4. The lowest BCUT2D eigenvalue weighted by Crippen LogP contribution is -2.27. The summed E-state index contributed by atoms with van der Waals surface area (Å²) in [6, 6.07) is 0. The van der Waals surface area contributed by atoms with Crippen LogP contribution in [-0.2, 0) is 9.53 Å². The lowest BCUT2D eigenvalue weighted by Gasteiger charge is -2.16. The van der Waals surface area contributed by atoms with E-state index in [1.807, 2.05) is 19.1 Å². The molecule has 1 rings (SSSR count). The van der Waals surface area contributed by atoms with Gasteiger partial charge in [-0.2, -0.15) is 0 Å². The Morgan fingerprint density at radius 3 is 2.33 bits per heavy atom. The Hall–Kier alpha value is -2.25. The first-order valence-electron chi connectivity index (χ1n) is 10.3. The van der Waals surface area contributed by atoms with Gasteiger partial charge in [0, 0.05) is 12.5 Å². The van der Waals surface area contributed by atoms with Crippen molar-refractivity contribution in [3.05, 3.63) is 72.9 Å². The molecule has 0 fully saturated rings. The molecular formula is C24H34O6.